The standard InChI is InChI=1S/C26H22F3N3O4S/c1-24(36)11-25(12-24,31-23(34)35)17-9-7-16(8-10-17)20-18(15-5-3-2-4-6-15)19-21(37-20)30-14-32(22(19)33)13-26(27,28)29/h2-10,14,31,36H,11-13H2,1H3,(H,34,35). The number of benzene rings is 2. The van der Waals surface area contributed by atoms with Gasteiger partial charge in [-0.3, -0.25) is 9.36 Å². The summed E-state index contributed by atoms with van der Waals surface area (Å²) in [5.74, 6) is 0. The van der Waals surface area contributed by atoms with Crippen LogP contribution in [-0.4, -0.2) is 37.6 Å². The van der Waals surface area contributed by atoms with Gasteiger partial charge in [-0.1, -0.05) is 54.6 Å². The molecule has 5 rings (SSSR count). The summed E-state index contributed by atoms with van der Waals surface area (Å²) in [5.41, 5.74) is -0.162. The monoisotopic (exact) mass is 529 g/mol. The fourth-order valence-electron chi connectivity index (χ4n) is 5.17. The highest BCUT2D eigenvalue weighted by Gasteiger charge is 2.53. The van der Waals surface area contributed by atoms with Gasteiger partial charge >= 0.3 is 12.3 Å². The summed E-state index contributed by atoms with van der Waals surface area (Å²) in [6, 6.07) is 16.0. The molecule has 0 aliphatic heterocycles. The van der Waals surface area contributed by atoms with Crippen molar-refractivity contribution in [2.75, 3.05) is 0 Å². The van der Waals surface area contributed by atoms with Gasteiger partial charge in [0.1, 0.15) is 11.4 Å². The van der Waals surface area contributed by atoms with Crippen molar-refractivity contribution in [1.29, 1.82) is 0 Å². The highest BCUT2D eigenvalue weighted by atomic mass is 32.1. The van der Waals surface area contributed by atoms with Crippen LogP contribution in [0.15, 0.2) is 65.7 Å². The summed E-state index contributed by atoms with van der Waals surface area (Å²) in [6.45, 7) is 0.205. The Balaban J connectivity index is 1.64. The number of hydrogen-bond acceptors (Lipinski definition) is 5. The highest BCUT2D eigenvalue weighted by molar-refractivity contribution is 7.22. The van der Waals surface area contributed by atoms with Crippen LogP contribution in [0.1, 0.15) is 25.3 Å². The molecule has 1 saturated carbocycles. The molecule has 0 radical (unpaired) electrons. The van der Waals surface area contributed by atoms with Crippen LogP contribution in [0.4, 0.5) is 18.0 Å². The average molecular weight is 530 g/mol. The molecule has 2 aromatic carbocycles. The molecule has 2 aromatic heterocycles. The molecule has 1 amide bonds. The van der Waals surface area contributed by atoms with Crippen molar-refractivity contribution in [1.82, 2.24) is 14.9 Å². The predicted molar refractivity (Wildman–Crippen MR) is 134 cm³/mol. The fraction of sp³-hybridized carbons (Fsp3) is 0.269. The van der Waals surface area contributed by atoms with E-state index in [1.165, 1.54) is 11.3 Å². The SMILES string of the molecule is CC1(O)CC(NC(=O)O)(c2ccc(-c3sc4ncn(CC(F)(F)F)c(=O)c4c3-c3ccccc3)cc2)C1. The van der Waals surface area contributed by atoms with Crippen molar-refractivity contribution in [3.63, 3.8) is 0 Å². The molecule has 3 N–H and O–H groups in total. The first-order chi connectivity index (χ1) is 17.4. The van der Waals surface area contributed by atoms with Crippen molar-refractivity contribution in [3.8, 4) is 21.6 Å². The summed E-state index contributed by atoms with van der Waals surface area (Å²) in [5, 5.41) is 22.3. The number of rotatable bonds is 5. The molecule has 1 aliphatic carbocycles. The number of alkyl halides is 3. The van der Waals surface area contributed by atoms with Gasteiger partial charge in [0, 0.05) is 23.3 Å². The molecule has 0 atom stereocenters. The number of carboxylic acid groups (broad SMARTS) is 1. The normalized spacial score (nSPS) is 21.5. The number of hydrogen-bond donors (Lipinski definition) is 3. The molecule has 0 spiro atoms. The Bertz CT molecular complexity index is 1540. The zero-order valence-corrected chi connectivity index (χ0v) is 20.4. The molecule has 11 heteroatoms. The maximum atomic E-state index is 13.2. The van der Waals surface area contributed by atoms with Gasteiger partial charge in [0.15, 0.2) is 0 Å². The Morgan fingerprint density at radius 2 is 1.76 bits per heavy atom. The minimum atomic E-state index is -4.58. The summed E-state index contributed by atoms with van der Waals surface area (Å²) < 4.78 is 39.8. The molecule has 37 heavy (non-hydrogen) atoms. The van der Waals surface area contributed by atoms with Crippen LogP contribution < -0.4 is 10.9 Å². The van der Waals surface area contributed by atoms with Gasteiger partial charge < -0.3 is 15.5 Å². The highest BCUT2D eigenvalue weighted by Crippen LogP contribution is 2.49. The van der Waals surface area contributed by atoms with E-state index in [4.69, 9.17) is 0 Å². The number of nitrogens with one attached hydrogen (secondary N) is 1. The van der Waals surface area contributed by atoms with Crippen LogP contribution in [-0.2, 0) is 12.1 Å². The van der Waals surface area contributed by atoms with Crippen molar-refractivity contribution in [2.24, 2.45) is 0 Å². The largest absolute Gasteiger partial charge is 0.465 e. The Labute approximate surface area is 212 Å². The number of aliphatic hydroxyl groups is 1. The van der Waals surface area contributed by atoms with Crippen LogP contribution in [0, 0.1) is 0 Å². The molecule has 7 nitrogen and oxygen atoms in total. The Morgan fingerprint density at radius 3 is 2.32 bits per heavy atom. The topological polar surface area (TPSA) is 104 Å². The molecule has 192 valence electrons. The number of amides is 1. The average Bonchev–Trinajstić information content (AvgIpc) is 3.19. The minimum Gasteiger partial charge on any atom is -0.465 e. The van der Waals surface area contributed by atoms with E-state index < -0.39 is 35.5 Å². The predicted octanol–water partition coefficient (Wildman–Crippen LogP) is 5.36. The molecule has 1 fully saturated rings. The van der Waals surface area contributed by atoms with Crippen molar-refractivity contribution < 1.29 is 28.2 Å². The van der Waals surface area contributed by atoms with E-state index in [1.807, 2.05) is 0 Å². The van der Waals surface area contributed by atoms with Gasteiger partial charge in [-0.15, -0.1) is 11.3 Å². The second kappa shape index (κ2) is 8.70. The molecule has 4 aromatic rings. The molecule has 0 saturated heterocycles. The van der Waals surface area contributed by atoms with Gasteiger partial charge in [0.05, 0.1) is 22.9 Å². The lowest BCUT2D eigenvalue weighted by molar-refractivity contribution is -0.141. The van der Waals surface area contributed by atoms with E-state index in [0.29, 0.717) is 36.5 Å². The van der Waals surface area contributed by atoms with E-state index in [2.05, 4.69) is 10.3 Å². The van der Waals surface area contributed by atoms with E-state index in [1.54, 1.807) is 61.5 Å². The third-order valence-electron chi connectivity index (χ3n) is 6.50. The molecular formula is C26H22F3N3O4S. The number of nitrogens with zero attached hydrogens (tertiary/aromatic N) is 2. The minimum absolute atomic E-state index is 0.112. The van der Waals surface area contributed by atoms with E-state index in [-0.39, 0.29) is 18.2 Å². The second-order valence-corrected chi connectivity index (χ2v) is 10.6. The van der Waals surface area contributed by atoms with Crippen LogP contribution in [0.3, 0.4) is 0 Å². The molecule has 0 unspecified atom stereocenters. The number of thiophene rings is 1. The maximum absolute atomic E-state index is 13.2. The van der Waals surface area contributed by atoms with Gasteiger partial charge in [0.25, 0.3) is 5.56 Å². The van der Waals surface area contributed by atoms with E-state index >= 15 is 0 Å². The van der Waals surface area contributed by atoms with Crippen molar-refractivity contribution >= 4 is 27.6 Å². The summed E-state index contributed by atoms with van der Waals surface area (Å²) in [6.07, 6.45) is -4.43. The number of aromatic nitrogens is 2. The number of carbonyl (C=O) groups is 1. The van der Waals surface area contributed by atoms with Crippen molar-refractivity contribution in [2.45, 2.75) is 43.6 Å². The smallest absolute Gasteiger partial charge is 0.406 e. The van der Waals surface area contributed by atoms with E-state index in [0.717, 1.165) is 6.33 Å². The molecule has 0 bridgehead atoms. The lowest BCUT2D eigenvalue weighted by Crippen LogP contribution is -2.61. The van der Waals surface area contributed by atoms with Crippen LogP contribution in [0.25, 0.3) is 31.8 Å². The zero-order valence-electron chi connectivity index (χ0n) is 19.5. The summed E-state index contributed by atoms with van der Waals surface area (Å²) >= 11 is 1.20. The maximum Gasteiger partial charge on any atom is 0.406 e. The third kappa shape index (κ3) is 4.72. The number of fused-ring (bicyclic) bond motifs is 1. The summed E-state index contributed by atoms with van der Waals surface area (Å²) in [7, 11) is 0. The lowest BCUT2D eigenvalue weighted by atomic mass is 9.62. The zero-order chi connectivity index (χ0) is 26.6. The van der Waals surface area contributed by atoms with Gasteiger partial charge in [-0.25, -0.2) is 9.78 Å². The fourth-order valence-corrected chi connectivity index (χ4v) is 6.34. The van der Waals surface area contributed by atoms with Crippen LogP contribution >= 0.6 is 11.3 Å². The van der Waals surface area contributed by atoms with Gasteiger partial charge in [-0.2, -0.15) is 13.2 Å². The van der Waals surface area contributed by atoms with Crippen molar-refractivity contribution in [3.05, 3.63) is 76.8 Å². The van der Waals surface area contributed by atoms with Crippen LogP contribution in [0.5, 0.6) is 0 Å². The Kier molecular flexibility index (Phi) is 5.87. The second-order valence-electron chi connectivity index (χ2n) is 9.59. The van der Waals surface area contributed by atoms with Gasteiger partial charge in [-0.05, 0) is 23.6 Å². The van der Waals surface area contributed by atoms with Gasteiger partial charge in [0.2, 0.25) is 0 Å². The molecular weight excluding hydrogens is 507 g/mol. The Morgan fingerprint density at radius 1 is 1.11 bits per heavy atom. The first kappa shape index (κ1) is 25.0. The number of halogens is 3. The Hall–Kier alpha value is -3.70. The first-order valence-electron chi connectivity index (χ1n) is 11.4. The quantitative estimate of drug-likeness (QED) is 0.323. The lowest BCUT2D eigenvalue weighted by Gasteiger charge is -2.51. The van der Waals surface area contributed by atoms with Crippen LogP contribution in [0.2, 0.25) is 0 Å². The van der Waals surface area contributed by atoms with E-state index in [9.17, 15) is 33.0 Å². The molecule has 1 aliphatic rings. The summed E-state index contributed by atoms with van der Waals surface area (Å²) in [4.78, 5) is 29.8. The first-order valence-corrected chi connectivity index (χ1v) is 12.2. The third-order valence-corrected chi connectivity index (χ3v) is 7.65. The molecule has 2 heterocycles.